The molecule has 0 radical (unpaired) electrons. The Morgan fingerprint density at radius 1 is 1.50 bits per heavy atom. The van der Waals surface area contributed by atoms with Crippen LogP contribution in [0.1, 0.15) is 37.2 Å². The van der Waals surface area contributed by atoms with E-state index < -0.39 is 0 Å². The van der Waals surface area contributed by atoms with Gasteiger partial charge in [0.25, 0.3) is 0 Å². The summed E-state index contributed by atoms with van der Waals surface area (Å²) in [5, 5.41) is -0.128. The molecule has 1 unspecified atom stereocenters. The van der Waals surface area contributed by atoms with Crippen molar-refractivity contribution in [2.24, 2.45) is 0 Å². The Hall–Kier alpha value is -1.43. The van der Waals surface area contributed by atoms with E-state index >= 15 is 0 Å². The van der Waals surface area contributed by atoms with E-state index in [9.17, 15) is 9.59 Å². The maximum absolute atomic E-state index is 11.9. The summed E-state index contributed by atoms with van der Waals surface area (Å²) in [6, 6.07) is 3.84. The lowest BCUT2D eigenvalue weighted by atomic mass is 10.3. The fraction of sp³-hybridized carbons (Fsp3) is 0.571. The van der Waals surface area contributed by atoms with Crippen molar-refractivity contribution >= 4 is 23.6 Å². The summed E-state index contributed by atoms with van der Waals surface area (Å²) in [6.07, 6.45) is 1.05. The normalized spacial score (nSPS) is 18.6. The quantitative estimate of drug-likeness (QED) is 0.754. The van der Waals surface area contributed by atoms with Gasteiger partial charge in [-0.2, -0.15) is 0 Å². The first-order valence-corrected chi connectivity index (χ1v) is 7.85. The average molecular weight is 297 g/mol. The van der Waals surface area contributed by atoms with Crippen molar-refractivity contribution in [3.05, 3.63) is 23.7 Å². The molecule has 1 amide bonds. The van der Waals surface area contributed by atoms with E-state index in [2.05, 4.69) is 0 Å². The molecule has 2 heterocycles. The zero-order chi connectivity index (χ0) is 14.5. The summed E-state index contributed by atoms with van der Waals surface area (Å²) < 4.78 is 10.6. The van der Waals surface area contributed by atoms with Gasteiger partial charge in [0, 0.05) is 13.0 Å². The fourth-order valence-electron chi connectivity index (χ4n) is 2.09. The number of amides is 1. The van der Waals surface area contributed by atoms with Crippen LogP contribution in [0.4, 0.5) is 0 Å². The van der Waals surface area contributed by atoms with E-state index in [1.165, 1.54) is 11.8 Å². The van der Waals surface area contributed by atoms with Crippen molar-refractivity contribution in [1.82, 2.24) is 4.90 Å². The molecule has 0 aliphatic carbocycles. The Kier molecular flexibility index (Phi) is 5.11. The molecule has 1 aromatic rings. The van der Waals surface area contributed by atoms with Gasteiger partial charge in [-0.25, -0.2) is 0 Å². The minimum absolute atomic E-state index is 0.0405. The van der Waals surface area contributed by atoms with Gasteiger partial charge in [-0.05, 0) is 19.1 Å². The molecule has 110 valence electrons. The van der Waals surface area contributed by atoms with Crippen LogP contribution in [0.3, 0.4) is 0 Å². The number of rotatable bonds is 6. The summed E-state index contributed by atoms with van der Waals surface area (Å²) in [7, 11) is 0. The van der Waals surface area contributed by atoms with Gasteiger partial charge in [-0.15, -0.1) is 11.8 Å². The van der Waals surface area contributed by atoms with E-state index in [0.717, 1.165) is 17.9 Å². The Labute approximate surface area is 122 Å². The van der Waals surface area contributed by atoms with E-state index in [-0.39, 0.29) is 23.7 Å². The summed E-state index contributed by atoms with van der Waals surface area (Å²) in [6.45, 7) is 4.53. The number of hydrogen-bond acceptors (Lipinski definition) is 5. The van der Waals surface area contributed by atoms with E-state index in [1.807, 2.05) is 19.1 Å². The van der Waals surface area contributed by atoms with Crippen LogP contribution < -0.4 is 0 Å². The molecule has 20 heavy (non-hydrogen) atoms. The Balaban J connectivity index is 2.01. The van der Waals surface area contributed by atoms with Crippen LogP contribution >= 0.6 is 11.8 Å². The zero-order valence-electron chi connectivity index (χ0n) is 11.8. The second-order valence-electron chi connectivity index (χ2n) is 4.46. The SMILES string of the molecule is CCOC(=O)CCN1C(=O)CSC1c1ccc(CC)o1. The van der Waals surface area contributed by atoms with Gasteiger partial charge in [0.15, 0.2) is 0 Å². The van der Waals surface area contributed by atoms with Crippen LogP contribution in [-0.2, 0) is 20.7 Å². The first kappa shape index (κ1) is 15.0. The molecular weight excluding hydrogens is 278 g/mol. The van der Waals surface area contributed by atoms with Crippen LogP contribution in [-0.4, -0.2) is 35.7 Å². The van der Waals surface area contributed by atoms with Gasteiger partial charge < -0.3 is 14.1 Å². The molecule has 5 nitrogen and oxygen atoms in total. The molecule has 2 rings (SSSR count). The Morgan fingerprint density at radius 3 is 2.95 bits per heavy atom. The molecule has 1 saturated heterocycles. The second-order valence-corrected chi connectivity index (χ2v) is 5.53. The van der Waals surface area contributed by atoms with Crippen LogP contribution in [0.2, 0.25) is 0 Å². The molecule has 1 fully saturated rings. The van der Waals surface area contributed by atoms with E-state index in [4.69, 9.17) is 9.15 Å². The average Bonchev–Trinajstić information content (AvgIpc) is 3.03. The summed E-state index contributed by atoms with van der Waals surface area (Å²) >= 11 is 1.53. The van der Waals surface area contributed by atoms with Crippen LogP contribution in [0.5, 0.6) is 0 Å². The largest absolute Gasteiger partial charge is 0.466 e. The third kappa shape index (κ3) is 3.36. The number of carbonyl (C=O) groups excluding carboxylic acids is 2. The number of hydrogen-bond donors (Lipinski definition) is 0. The highest BCUT2D eigenvalue weighted by Crippen LogP contribution is 2.39. The summed E-state index contributed by atoms with van der Waals surface area (Å²) in [4.78, 5) is 25.0. The first-order valence-electron chi connectivity index (χ1n) is 6.81. The number of ether oxygens (including phenoxy) is 1. The summed E-state index contributed by atoms with van der Waals surface area (Å²) in [5.74, 6) is 1.88. The number of carbonyl (C=O) groups is 2. The van der Waals surface area contributed by atoms with Gasteiger partial charge >= 0.3 is 5.97 Å². The van der Waals surface area contributed by atoms with E-state index in [1.54, 1.807) is 11.8 Å². The van der Waals surface area contributed by atoms with Crippen LogP contribution in [0.25, 0.3) is 0 Å². The number of nitrogens with zero attached hydrogens (tertiary/aromatic N) is 1. The van der Waals surface area contributed by atoms with Crippen molar-refractivity contribution in [2.75, 3.05) is 18.9 Å². The van der Waals surface area contributed by atoms with Crippen LogP contribution in [0.15, 0.2) is 16.5 Å². The number of furan rings is 1. The van der Waals surface area contributed by atoms with Gasteiger partial charge in [0.2, 0.25) is 5.91 Å². The molecule has 6 heteroatoms. The fourth-order valence-corrected chi connectivity index (χ4v) is 3.25. The topological polar surface area (TPSA) is 59.8 Å². The van der Waals surface area contributed by atoms with Gasteiger partial charge in [0.1, 0.15) is 16.9 Å². The highest BCUT2D eigenvalue weighted by Gasteiger charge is 2.34. The monoisotopic (exact) mass is 297 g/mol. The Bertz CT molecular complexity index is 485. The highest BCUT2D eigenvalue weighted by molar-refractivity contribution is 8.00. The maximum Gasteiger partial charge on any atom is 0.307 e. The minimum Gasteiger partial charge on any atom is -0.466 e. The maximum atomic E-state index is 11.9. The zero-order valence-corrected chi connectivity index (χ0v) is 12.6. The standard InChI is InChI=1S/C14H19NO4S/c1-3-10-5-6-11(19-10)14-15(12(16)9-20-14)8-7-13(17)18-4-2/h5-6,14H,3-4,7-9H2,1-2H3. The van der Waals surface area contributed by atoms with Crippen molar-refractivity contribution in [3.63, 3.8) is 0 Å². The number of aryl methyl sites for hydroxylation is 1. The molecule has 1 aliphatic rings. The lowest BCUT2D eigenvalue weighted by molar-refractivity contribution is -0.144. The molecule has 1 atom stereocenters. The second kappa shape index (κ2) is 6.83. The summed E-state index contributed by atoms with van der Waals surface area (Å²) in [5.41, 5.74) is 0. The minimum atomic E-state index is -0.273. The first-order chi connectivity index (χ1) is 9.65. The molecule has 0 spiro atoms. The molecule has 0 aromatic carbocycles. The lowest BCUT2D eigenvalue weighted by Gasteiger charge is -2.21. The molecule has 1 aromatic heterocycles. The van der Waals surface area contributed by atoms with Crippen molar-refractivity contribution < 1.29 is 18.7 Å². The molecule has 0 bridgehead atoms. The molecule has 0 N–H and O–H groups in total. The van der Waals surface area contributed by atoms with Gasteiger partial charge in [0.05, 0.1) is 18.8 Å². The predicted octanol–water partition coefficient (Wildman–Crippen LogP) is 2.37. The van der Waals surface area contributed by atoms with Crippen molar-refractivity contribution in [2.45, 2.75) is 32.1 Å². The smallest absolute Gasteiger partial charge is 0.307 e. The predicted molar refractivity (Wildman–Crippen MR) is 76.2 cm³/mol. The molecule has 1 aliphatic heterocycles. The molecule has 0 saturated carbocycles. The van der Waals surface area contributed by atoms with Gasteiger partial charge in [-0.3, -0.25) is 9.59 Å². The van der Waals surface area contributed by atoms with Gasteiger partial charge in [-0.1, -0.05) is 6.92 Å². The van der Waals surface area contributed by atoms with E-state index in [0.29, 0.717) is 18.9 Å². The van der Waals surface area contributed by atoms with Crippen LogP contribution in [0, 0.1) is 0 Å². The third-order valence-corrected chi connectivity index (χ3v) is 4.32. The number of thioether (sulfide) groups is 1. The Morgan fingerprint density at radius 2 is 2.30 bits per heavy atom. The lowest BCUT2D eigenvalue weighted by Crippen LogP contribution is -2.30. The van der Waals surface area contributed by atoms with Crippen molar-refractivity contribution in [1.29, 1.82) is 0 Å². The third-order valence-electron chi connectivity index (χ3n) is 3.10. The number of esters is 1. The van der Waals surface area contributed by atoms with Crippen molar-refractivity contribution in [3.8, 4) is 0 Å². The molecular formula is C14H19NO4S. The highest BCUT2D eigenvalue weighted by atomic mass is 32.2.